The van der Waals surface area contributed by atoms with E-state index in [2.05, 4.69) is 67.8 Å². The lowest BCUT2D eigenvalue weighted by Gasteiger charge is -2.12. The van der Waals surface area contributed by atoms with Gasteiger partial charge in [-0.2, -0.15) is 0 Å². The van der Waals surface area contributed by atoms with E-state index in [-0.39, 0.29) is 11.2 Å². The minimum atomic E-state index is -0.247. The number of unbranched alkanes of at least 4 members (excludes halogenated alkanes) is 1. The summed E-state index contributed by atoms with van der Waals surface area (Å²) in [5, 5.41) is 4.04. The molecule has 5 nitrogen and oxygen atoms in total. The zero-order valence-corrected chi connectivity index (χ0v) is 20.1. The summed E-state index contributed by atoms with van der Waals surface area (Å²) in [5.41, 5.74) is 1.49. The highest BCUT2D eigenvalue weighted by molar-refractivity contribution is 7.99. The third-order valence-corrected chi connectivity index (χ3v) is 7.05. The lowest BCUT2D eigenvalue weighted by molar-refractivity contribution is 0.502. The van der Waals surface area contributed by atoms with Gasteiger partial charge in [0.2, 0.25) is 0 Å². The molecule has 32 heavy (non-hydrogen) atoms. The number of rotatable bonds is 8. The topological polar surface area (TPSA) is 48.9 Å². The molecule has 168 valence electrons. The molecule has 0 radical (unpaired) electrons. The van der Waals surface area contributed by atoms with E-state index < -0.39 is 0 Å². The van der Waals surface area contributed by atoms with Crippen LogP contribution in [0.3, 0.4) is 0 Å². The lowest BCUT2D eigenvalue weighted by Crippen LogP contribution is -2.38. The van der Waals surface area contributed by atoms with Crippen LogP contribution in [0.4, 0.5) is 0 Å². The predicted molar refractivity (Wildman–Crippen MR) is 135 cm³/mol. The van der Waals surface area contributed by atoms with Crippen LogP contribution in [0.5, 0.6) is 0 Å². The van der Waals surface area contributed by atoms with Crippen LogP contribution < -0.4 is 11.2 Å². The largest absolute Gasteiger partial charge is 0.336 e. The molecule has 0 N–H and O–H groups in total. The highest BCUT2D eigenvalue weighted by Gasteiger charge is 2.20. The fourth-order valence-electron chi connectivity index (χ4n) is 4.21. The number of benzene rings is 2. The summed E-state index contributed by atoms with van der Waals surface area (Å²) in [4.78, 5) is 26.2. The molecule has 2 heterocycles. The van der Waals surface area contributed by atoms with Gasteiger partial charge in [-0.25, -0.2) is 4.79 Å². The molecule has 0 saturated carbocycles. The molecule has 0 fully saturated rings. The number of aromatic nitrogens is 3. The van der Waals surface area contributed by atoms with E-state index in [1.54, 1.807) is 23.4 Å². The predicted octanol–water partition coefficient (Wildman–Crippen LogP) is 5.25. The Kier molecular flexibility index (Phi) is 6.60. The number of fused-ring (bicyclic) bond motifs is 2. The first kappa shape index (κ1) is 22.5. The van der Waals surface area contributed by atoms with Gasteiger partial charge in [0.1, 0.15) is 0 Å². The fraction of sp³-hybridized carbons (Fsp3) is 0.385. The molecular weight excluding hydrogens is 418 g/mol. The molecule has 0 spiro atoms. The average molecular weight is 450 g/mol. The van der Waals surface area contributed by atoms with Crippen LogP contribution in [0, 0.1) is 5.92 Å². The van der Waals surface area contributed by atoms with Crippen molar-refractivity contribution in [3.8, 4) is 0 Å². The van der Waals surface area contributed by atoms with Gasteiger partial charge in [-0.1, -0.05) is 69.7 Å². The summed E-state index contributed by atoms with van der Waals surface area (Å²) >= 11 is 1.72. The molecule has 0 unspecified atom stereocenters. The number of nitrogens with zero attached hydrogens (tertiary/aromatic N) is 3. The van der Waals surface area contributed by atoms with Gasteiger partial charge in [-0.05, 0) is 34.4 Å². The number of thioether (sulfide) groups is 1. The van der Waals surface area contributed by atoms with E-state index >= 15 is 0 Å². The van der Waals surface area contributed by atoms with E-state index in [4.69, 9.17) is 0 Å². The molecule has 2 aromatic carbocycles. The molecule has 2 aromatic heterocycles. The van der Waals surface area contributed by atoms with Crippen molar-refractivity contribution in [3.05, 3.63) is 75.1 Å². The first-order chi connectivity index (χ1) is 15.4. The molecule has 0 aliphatic rings. The Morgan fingerprint density at radius 1 is 1.03 bits per heavy atom. The average Bonchev–Trinajstić information content (AvgIpc) is 3.13. The Balaban J connectivity index is 1.94. The first-order valence-corrected chi connectivity index (χ1v) is 12.3. The molecule has 0 atom stereocenters. The molecule has 0 amide bonds. The maximum atomic E-state index is 13.2. The normalized spacial score (nSPS) is 11.8. The molecule has 0 aliphatic heterocycles. The summed E-state index contributed by atoms with van der Waals surface area (Å²) < 4.78 is 5.20. The van der Waals surface area contributed by atoms with Gasteiger partial charge in [-0.3, -0.25) is 13.9 Å². The molecule has 4 rings (SSSR count). The van der Waals surface area contributed by atoms with Crippen molar-refractivity contribution in [1.29, 1.82) is 0 Å². The van der Waals surface area contributed by atoms with Crippen LogP contribution >= 0.6 is 11.8 Å². The van der Waals surface area contributed by atoms with Crippen molar-refractivity contribution in [2.24, 2.45) is 13.0 Å². The third kappa shape index (κ3) is 4.16. The maximum Gasteiger partial charge on any atom is 0.331 e. The van der Waals surface area contributed by atoms with E-state index in [9.17, 15) is 9.59 Å². The van der Waals surface area contributed by atoms with Gasteiger partial charge >= 0.3 is 5.69 Å². The number of hydrogen-bond donors (Lipinski definition) is 0. The zero-order valence-electron chi connectivity index (χ0n) is 19.3. The molecule has 0 aliphatic carbocycles. The van der Waals surface area contributed by atoms with Gasteiger partial charge in [0.25, 0.3) is 5.56 Å². The van der Waals surface area contributed by atoms with Crippen LogP contribution in [-0.2, 0) is 20.1 Å². The lowest BCUT2D eigenvalue weighted by atomic mass is 10.0. The van der Waals surface area contributed by atoms with Crippen molar-refractivity contribution in [3.63, 3.8) is 0 Å². The van der Waals surface area contributed by atoms with Gasteiger partial charge in [0, 0.05) is 26.3 Å². The van der Waals surface area contributed by atoms with E-state index in [0.717, 1.165) is 29.1 Å². The van der Waals surface area contributed by atoms with Crippen LogP contribution in [0.15, 0.2) is 63.3 Å². The summed E-state index contributed by atoms with van der Waals surface area (Å²) in [6, 6.07) is 14.7. The van der Waals surface area contributed by atoms with Crippen molar-refractivity contribution in [2.45, 2.75) is 51.7 Å². The summed E-state index contributed by atoms with van der Waals surface area (Å²) in [7, 11) is 1.59. The highest BCUT2D eigenvalue weighted by atomic mass is 32.2. The minimum absolute atomic E-state index is 0.208. The Morgan fingerprint density at radius 3 is 2.53 bits per heavy atom. The molecule has 0 saturated heterocycles. The molecular formula is C26H31N3O2S. The van der Waals surface area contributed by atoms with Crippen LogP contribution in [0.2, 0.25) is 0 Å². The Morgan fingerprint density at radius 2 is 1.78 bits per heavy atom. The van der Waals surface area contributed by atoms with Gasteiger partial charge in [0.05, 0.1) is 15.9 Å². The van der Waals surface area contributed by atoms with Crippen molar-refractivity contribution >= 4 is 33.4 Å². The van der Waals surface area contributed by atoms with Crippen LogP contribution in [-0.4, -0.2) is 19.5 Å². The van der Waals surface area contributed by atoms with Gasteiger partial charge in [-0.15, -0.1) is 11.8 Å². The van der Waals surface area contributed by atoms with E-state index in [1.807, 2.05) is 6.20 Å². The SMILES string of the molecule is CCCCSc1c2c(=O)n(C)c(=O)n(CC(C)C)c2cn1Cc1cccc2ccccc12. The Hall–Kier alpha value is -2.73. The highest BCUT2D eigenvalue weighted by Crippen LogP contribution is 2.30. The van der Waals surface area contributed by atoms with Gasteiger partial charge < -0.3 is 4.57 Å². The Bertz CT molecular complexity index is 1370. The molecule has 0 bridgehead atoms. The zero-order chi connectivity index (χ0) is 22.8. The summed E-state index contributed by atoms with van der Waals surface area (Å²) in [6.45, 7) is 7.60. The second-order valence-corrected chi connectivity index (χ2v) is 9.90. The minimum Gasteiger partial charge on any atom is -0.336 e. The second-order valence-electron chi connectivity index (χ2n) is 8.81. The third-order valence-electron chi connectivity index (χ3n) is 5.84. The van der Waals surface area contributed by atoms with E-state index in [0.29, 0.717) is 24.4 Å². The van der Waals surface area contributed by atoms with Crippen molar-refractivity contribution in [2.75, 3.05) is 5.75 Å². The molecule has 4 aromatic rings. The van der Waals surface area contributed by atoms with E-state index in [1.165, 1.54) is 20.9 Å². The summed E-state index contributed by atoms with van der Waals surface area (Å²) in [6.07, 6.45) is 4.19. The van der Waals surface area contributed by atoms with Crippen molar-refractivity contribution < 1.29 is 0 Å². The smallest absolute Gasteiger partial charge is 0.331 e. The quantitative estimate of drug-likeness (QED) is 0.273. The maximum absolute atomic E-state index is 13.2. The first-order valence-electron chi connectivity index (χ1n) is 11.3. The fourth-order valence-corrected chi connectivity index (χ4v) is 5.46. The van der Waals surface area contributed by atoms with Gasteiger partial charge in [0.15, 0.2) is 0 Å². The standard InChI is InChI=1S/C26H31N3O2S/c1-5-6-14-32-25-23-22(29(15-18(2)3)26(31)27(4)24(23)30)17-28(25)16-20-12-9-11-19-10-7-8-13-21(19)20/h7-13,17-18H,5-6,14-16H2,1-4H3. The number of hydrogen-bond acceptors (Lipinski definition) is 3. The second kappa shape index (κ2) is 9.41. The van der Waals surface area contributed by atoms with Crippen molar-refractivity contribution in [1.82, 2.24) is 13.7 Å². The monoisotopic (exact) mass is 449 g/mol. The Labute approximate surface area is 192 Å². The summed E-state index contributed by atoms with van der Waals surface area (Å²) in [5.74, 6) is 1.24. The van der Waals surface area contributed by atoms with Crippen LogP contribution in [0.25, 0.3) is 21.7 Å². The van der Waals surface area contributed by atoms with Crippen LogP contribution in [0.1, 0.15) is 39.2 Å². The molecule has 6 heteroatoms.